The van der Waals surface area contributed by atoms with Gasteiger partial charge in [-0.3, -0.25) is 4.79 Å². The fourth-order valence-electron chi connectivity index (χ4n) is 1.45. The number of allylic oxidation sites excluding steroid dienone is 1. The van der Waals surface area contributed by atoms with Gasteiger partial charge in [-0.1, -0.05) is 48.0 Å². The normalized spacial score (nSPS) is 15.1. The summed E-state index contributed by atoms with van der Waals surface area (Å²) in [6.07, 6.45) is 2.25. The third-order valence-electron chi connectivity index (χ3n) is 2.57. The van der Waals surface area contributed by atoms with Crippen molar-refractivity contribution >= 4 is 17.5 Å². The van der Waals surface area contributed by atoms with Gasteiger partial charge in [0.1, 0.15) is 0 Å². The summed E-state index contributed by atoms with van der Waals surface area (Å²) >= 11 is 5.47. The van der Waals surface area contributed by atoms with Gasteiger partial charge in [0.25, 0.3) is 0 Å². The third-order valence-corrected chi connectivity index (χ3v) is 2.75. The highest BCUT2D eigenvalue weighted by Crippen LogP contribution is 2.27. The summed E-state index contributed by atoms with van der Waals surface area (Å²) in [5.74, 6) is -0.344. The summed E-state index contributed by atoms with van der Waals surface area (Å²) in [4.78, 5) is 11.5. The summed E-state index contributed by atoms with van der Waals surface area (Å²) in [7, 11) is 0. The van der Waals surface area contributed by atoms with Gasteiger partial charge < -0.3 is 5.73 Å². The molecule has 0 saturated carbocycles. The Morgan fingerprint density at radius 3 is 2.53 bits per heavy atom. The van der Waals surface area contributed by atoms with E-state index in [0.29, 0.717) is 6.42 Å². The number of hydrogen-bond donors (Lipinski definition) is 1. The second-order valence-electron chi connectivity index (χ2n) is 3.63. The molecule has 1 aromatic carbocycles. The number of hydrogen-bond acceptors (Lipinski definition) is 1. The highest BCUT2D eigenvalue weighted by Gasteiger charge is 2.31. The molecule has 0 heterocycles. The van der Waals surface area contributed by atoms with E-state index < -0.39 is 5.41 Å². The summed E-state index contributed by atoms with van der Waals surface area (Å²) in [5, 5.41) is 0. The maximum absolute atomic E-state index is 11.5. The summed E-state index contributed by atoms with van der Waals surface area (Å²) in [6, 6.07) is 9.48. The van der Waals surface area contributed by atoms with Crippen LogP contribution >= 0.6 is 11.6 Å². The minimum absolute atomic E-state index is 0.344. The first-order valence-electron chi connectivity index (χ1n) is 4.72. The van der Waals surface area contributed by atoms with Crippen molar-refractivity contribution < 1.29 is 4.79 Å². The molecule has 2 N–H and O–H groups in total. The van der Waals surface area contributed by atoms with Gasteiger partial charge in [0.2, 0.25) is 5.91 Å². The molecule has 0 radical (unpaired) electrons. The van der Waals surface area contributed by atoms with Gasteiger partial charge in [0.15, 0.2) is 0 Å². The Hall–Kier alpha value is -1.28. The van der Waals surface area contributed by atoms with Gasteiger partial charge in [-0.25, -0.2) is 0 Å². The Balaban J connectivity index is 3.07. The van der Waals surface area contributed by atoms with Crippen LogP contribution in [0, 0.1) is 0 Å². The Kier molecular flexibility index (Phi) is 3.92. The average molecular weight is 224 g/mol. The molecule has 0 aliphatic rings. The van der Waals surface area contributed by atoms with Crippen molar-refractivity contribution in [1.29, 1.82) is 0 Å². The van der Waals surface area contributed by atoms with Crippen molar-refractivity contribution in [1.82, 2.24) is 0 Å². The molecule has 0 saturated heterocycles. The molecule has 3 heteroatoms. The summed E-state index contributed by atoms with van der Waals surface area (Å²) in [6.45, 7) is 1.82. The lowest BCUT2D eigenvalue weighted by atomic mass is 9.79. The van der Waals surface area contributed by atoms with Crippen LogP contribution in [0.15, 0.2) is 41.9 Å². The molecular weight excluding hydrogens is 210 g/mol. The van der Waals surface area contributed by atoms with Gasteiger partial charge in [0.05, 0.1) is 5.41 Å². The van der Waals surface area contributed by atoms with Crippen molar-refractivity contribution in [2.75, 3.05) is 0 Å². The quantitative estimate of drug-likeness (QED) is 0.838. The van der Waals surface area contributed by atoms with Crippen LogP contribution in [0.4, 0.5) is 0 Å². The van der Waals surface area contributed by atoms with Crippen LogP contribution in [-0.2, 0) is 10.2 Å². The van der Waals surface area contributed by atoms with Crippen molar-refractivity contribution in [2.24, 2.45) is 5.73 Å². The maximum atomic E-state index is 11.5. The minimum atomic E-state index is -0.688. The number of benzene rings is 1. The molecule has 80 valence electrons. The van der Waals surface area contributed by atoms with Crippen LogP contribution in [0.1, 0.15) is 18.9 Å². The highest BCUT2D eigenvalue weighted by atomic mass is 35.5. The maximum Gasteiger partial charge on any atom is 0.228 e. The monoisotopic (exact) mass is 223 g/mol. The van der Waals surface area contributed by atoms with Crippen LogP contribution in [0.3, 0.4) is 0 Å². The Morgan fingerprint density at radius 2 is 2.07 bits per heavy atom. The fourth-order valence-corrected chi connectivity index (χ4v) is 1.54. The zero-order valence-electron chi connectivity index (χ0n) is 8.61. The van der Waals surface area contributed by atoms with Gasteiger partial charge in [-0.15, -0.1) is 0 Å². The zero-order valence-corrected chi connectivity index (χ0v) is 9.37. The van der Waals surface area contributed by atoms with Crippen LogP contribution in [0.25, 0.3) is 0 Å². The van der Waals surface area contributed by atoms with Crippen molar-refractivity contribution in [3.05, 3.63) is 47.5 Å². The number of carbonyl (C=O) groups is 1. The van der Waals surface area contributed by atoms with E-state index in [-0.39, 0.29) is 5.91 Å². The number of rotatable bonds is 4. The molecule has 1 aromatic rings. The standard InChI is InChI=1S/C12H14ClNO/c1-12(11(14)15,8-5-9-13)10-6-3-2-4-7-10/h2-7,9H,8H2,1H3,(H2,14,15)/b9-5+. The molecule has 2 nitrogen and oxygen atoms in total. The number of carbonyl (C=O) groups excluding carboxylic acids is 1. The average Bonchev–Trinajstić information content (AvgIpc) is 2.27. The SMILES string of the molecule is CC(C/C=C/Cl)(C(N)=O)c1ccccc1. The predicted molar refractivity (Wildman–Crippen MR) is 62.6 cm³/mol. The van der Waals surface area contributed by atoms with Gasteiger partial charge >= 0.3 is 0 Å². The van der Waals surface area contributed by atoms with E-state index >= 15 is 0 Å². The fraction of sp³-hybridized carbons (Fsp3) is 0.250. The number of nitrogens with two attached hydrogens (primary N) is 1. The van der Waals surface area contributed by atoms with Crippen LogP contribution in [0.5, 0.6) is 0 Å². The summed E-state index contributed by atoms with van der Waals surface area (Å²) in [5.41, 5.74) is 7.06. The highest BCUT2D eigenvalue weighted by molar-refractivity contribution is 6.25. The lowest BCUT2D eigenvalue weighted by Gasteiger charge is -2.24. The molecule has 1 unspecified atom stereocenters. The smallest absolute Gasteiger partial charge is 0.228 e. The number of amides is 1. The minimum Gasteiger partial charge on any atom is -0.369 e. The van der Waals surface area contributed by atoms with E-state index in [9.17, 15) is 4.79 Å². The molecule has 0 spiro atoms. The molecule has 0 aliphatic carbocycles. The van der Waals surface area contributed by atoms with Gasteiger partial charge in [-0.2, -0.15) is 0 Å². The van der Waals surface area contributed by atoms with E-state index in [2.05, 4.69) is 0 Å². The van der Waals surface area contributed by atoms with E-state index in [0.717, 1.165) is 5.56 Å². The first-order valence-corrected chi connectivity index (χ1v) is 5.15. The molecule has 1 amide bonds. The van der Waals surface area contributed by atoms with Crippen molar-refractivity contribution in [3.63, 3.8) is 0 Å². The van der Waals surface area contributed by atoms with Crippen LogP contribution in [-0.4, -0.2) is 5.91 Å². The number of primary amides is 1. The molecule has 1 rings (SSSR count). The molecule has 15 heavy (non-hydrogen) atoms. The van der Waals surface area contributed by atoms with Crippen LogP contribution in [0.2, 0.25) is 0 Å². The number of halogens is 1. The molecular formula is C12H14ClNO. The van der Waals surface area contributed by atoms with E-state index in [4.69, 9.17) is 17.3 Å². The third kappa shape index (κ3) is 2.60. The van der Waals surface area contributed by atoms with E-state index in [1.165, 1.54) is 5.54 Å². The zero-order chi connectivity index (χ0) is 11.3. The van der Waals surface area contributed by atoms with Crippen LogP contribution < -0.4 is 5.73 Å². The second-order valence-corrected chi connectivity index (χ2v) is 3.88. The van der Waals surface area contributed by atoms with E-state index in [1.807, 2.05) is 37.3 Å². The molecule has 1 atom stereocenters. The van der Waals surface area contributed by atoms with Crippen molar-refractivity contribution in [3.8, 4) is 0 Å². The lowest BCUT2D eigenvalue weighted by Crippen LogP contribution is -2.38. The van der Waals surface area contributed by atoms with Gasteiger partial charge in [0, 0.05) is 5.54 Å². The first kappa shape index (κ1) is 11.8. The van der Waals surface area contributed by atoms with Crippen molar-refractivity contribution in [2.45, 2.75) is 18.8 Å². The molecule has 0 aromatic heterocycles. The lowest BCUT2D eigenvalue weighted by molar-refractivity contribution is -0.122. The predicted octanol–water partition coefficient (Wildman–Crippen LogP) is 2.57. The summed E-state index contributed by atoms with van der Waals surface area (Å²) < 4.78 is 0. The first-order chi connectivity index (χ1) is 7.11. The largest absolute Gasteiger partial charge is 0.369 e. The Bertz CT molecular complexity index is 361. The molecule has 0 bridgehead atoms. The van der Waals surface area contributed by atoms with Gasteiger partial charge in [-0.05, 0) is 18.9 Å². The molecule has 0 aliphatic heterocycles. The van der Waals surface area contributed by atoms with E-state index in [1.54, 1.807) is 6.08 Å². The Morgan fingerprint density at radius 1 is 1.47 bits per heavy atom. The second kappa shape index (κ2) is 4.99. The Labute approximate surface area is 94.7 Å². The molecule has 0 fully saturated rings. The topological polar surface area (TPSA) is 43.1 Å².